The quantitative estimate of drug-likeness (QED) is 0.858. The highest BCUT2D eigenvalue weighted by atomic mass is 79.9. The fourth-order valence-corrected chi connectivity index (χ4v) is 2.32. The topological polar surface area (TPSA) is 21.3 Å². The molecular weight excluding hydrogens is 321 g/mol. The van der Waals surface area contributed by atoms with Gasteiger partial charge < -0.3 is 10.1 Å². The number of nitrogens with one attached hydrogen (secondary N) is 1. The Morgan fingerprint density at radius 3 is 2.55 bits per heavy atom. The second-order valence-electron chi connectivity index (χ2n) is 4.73. The minimum Gasteiger partial charge on any atom is -0.494 e. The van der Waals surface area contributed by atoms with Crippen molar-refractivity contribution in [2.24, 2.45) is 0 Å². The molecule has 0 aliphatic carbocycles. The molecule has 0 saturated heterocycles. The number of methoxy groups -OCH3 is 1. The lowest BCUT2D eigenvalue weighted by Gasteiger charge is -2.16. The Balaban J connectivity index is 2.00. The van der Waals surface area contributed by atoms with Gasteiger partial charge in [-0.15, -0.1) is 0 Å². The van der Waals surface area contributed by atoms with Crippen molar-refractivity contribution >= 4 is 21.6 Å². The van der Waals surface area contributed by atoms with E-state index in [1.54, 1.807) is 12.1 Å². The fourth-order valence-electron chi connectivity index (χ4n) is 2.06. The summed E-state index contributed by atoms with van der Waals surface area (Å²) in [5.74, 6) is -0.0931. The highest BCUT2D eigenvalue weighted by Gasteiger charge is 2.07. The van der Waals surface area contributed by atoms with E-state index in [1.165, 1.54) is 18.7 Å². The van der Waals surface area contributed by atoms with Crippen LogP contribution in [0, 0.1) is 5.82 Å². The minimum absolute atomic E-state index is 0.242. The van der Waals surface area contributed by atoms with Gasteiger partial charge >= 0.3 is 0 Å². The van der Waals surface area contributed by atoms with Crippen molar-refractivity contribution in [3.8, 4) is 5.75 Å². The highest BCUT2D eigenvalue weighted by molar-refractivity contribution is 9.10. The number of hydrogen-bond acceptors (Lipinski definition) is 2. The number of hydrogen-bond donors (Lipinski definition) is 1. The van der Waals surface area contributed by atoms with E-state index in [0.717, 1.165) is 16.6 Å². The average Bonchev–Trinajstić information content (AvgIpc) is 2.43. The van der Waals surface area contributed by atoms with Crippen molar-refractivity contribution in [2.45, 2.75) is 19.4 Å². The average molecular weight is 338 g/mol. The van der Waals surface area contributed by atoms with Crippen molar-refractivity contribution in [2.75, 3.05) is 12.4 Å². The second-order valence-corrected chi connectivity index (χ2v) is 5.64. The molecule has 2 nitrogen and oxygen atoms in total. The maximum absolute atomic E-state index is 13.3. The van der Waals surface area contributed by atoms with Crippen LogP contribution in [0.2, 0.25) is 0 Å². The summed E-state index contributed by atoms with van der Waals surface area (Å²) in [7, 11) is 1.47. The third-order valence-electron chi connectivity index (χ3n) is 3.02. The fraction of sp³-hybridized carbons (Fsp3) is 0.250. The van der Waals surface area contributed by atoms with Crippen molar-refractivity contribution in [1.82, 2.24) is 0 Å². The van der Waals surface area contributed by atoms with E-state index >= 15 is 0 Å². The minimum atomic E-state index is -0.349. The number of anilines is 1. The van der Waals surface area contributed by atoms with Crippen molar-refractivity contribution in [3.05, 3.63) is 58.3 Å². The van der Waals surface area contributed by atoms with Gasteiger partial charge in [-0.3, -0.25) is 0 Å². The lowest BCUT2D eigenvalue weighted by Crippen LogP contribution is -2.18. The van der Waals surface area contributed by atoms with E-state index in [4.69, 9.17) is 4.74 Å². The molecule has 0 heterocycles. The van der Waals surface area contributed by atoms with Crippen LogP contribution in [0.4, 0.5) is 10.1 Å². The van der Waals surface area contributed by atoms with Crippen LogP contribution in [0.1, 0.15) is 12.5 Å². The van der Waals surface area contributed by atoms with E-state index in [0.29, 0.717) is 0 Å². The molecule has 0 fully saturated rings. The molecule has 2 rings (SSSR count). The number of rotatable bonds is 5. The molecule has 0 amide bonds. The van der Waals surface area contributed by atoms with Gasteiger partial charge in [-0.1, -0.05) is 28.1 Å². The Morgan fingerprint density at radius 1 is 1.20 bits per heavy atom. The predicted molar refractivity (Wildman–Crippen MR) is 83.9 cm³/mol. The summed E-state index contributed by atoms with van der Waals surface area (Å²) in [4.78, 5) is 0. The van der Waals surface area contributed by atoms with Gasteiger partial charge in [-0.05, 0) is 43.2 Å². The van der Waals surface area contributed by atoms with Gasteiger partial charge in [0.05, 0.1) is 7.11 Å². The van der Waals surface area contributed by atoms with Gasteiger partial charge in [-0.25, -0.2) is 4.39 Å². The van der Waals surface area contributed by atoms with E-state index < -0.39 is 0 Å². The van der Waals surface area contributed by atoms with E-state index in [9.17, 15) is 4.39 Å². The third-order valence-corrected chi connectivity index (χ3v) is 3.55. The highest BCUT2D eigenvalue weighted by Crippen LogP contribution is 2.22. The van der Waals surface area contributed by atoms with Crippen LogP contribution >= 0.6 is 15.9 Å². The van der Waals surface area contributed by atoms with Crippen LogP contribution in [0.3, 0.4) is 0 Å². The SMILES string of the molecule is COc1cc(NC(C)Cc2ccc(Br)cc2)ccc1F. The molecule has 1 unspecified atom stereocenters. The first-order valence-corrected chi connectivity index (χ1v) is 7.22. The summed E-state index contributed by atoms with van der Waals surface area (Å²) in [6.45, 7) is 2.10. The molecule has 2 aromatic rings. The normalized spacial score (nSPS) is 12.0. The third kappa shape index (κ3) is 3.97. The smallest absolute Gasteiger partial charge is 0.165 e. The van der Waals surface area contributed by atoms with Crippen LogP contribution in [0.25, 0.3) is 0 Å². The van der Waals surface area contributed by atoms with Crippen LogP contribution in [0.5, 0.6) is 5.75 Å². The number of halogens is 2. The van der Waals surface area contributed by atoms with Crippen LogP contribution in [-0.2, 0) is 6.42 Å². The zero-order valence-corrected chi connectivity index (χ0v) is 13.1. The van der Waals surface area contributed by atoms with Gasteiger partial charge in [0.15, 0.2) is 11.6 Å². The first-order valence-electron chi connectivity index (χ1n) is 6.43. The molecule has 2 aromatic carbocycles. The molecule has 0 spiro atoms. The Kier molecular flexibility index (Phi) is 5.01. The monoisotopic (exact) mass is 337 g/mol. The summed E-state index contributed by atoms with van der Waals surface area (Å²) in [6, 6.07) is 13.3. The summed E-state index contributed by atoms with van der Waals surface area (Å²) >= 11 is 3.42. The lowest BCUT2D eigenvalue weighted by atomic mass is 10.1. The summed E-state index contributed by atoms with van der Waals surface area (Å²) in [5.41, 5.74) is 2.11. The zero-order chi connectivity index (χ0) is 14.5. The molecule has 0 radical (unpaired) electrons. The molecule has 106 valence electrons. The largest absolute Gasteiger partial charge is 0.494 e. The first kappa shape index (κ1) is 14.9. The Morgan fingerprint density at radius 2 is 1.90 bits per heavy atom. The van der Waals surface area contributed by atoms with Gasteiger partial charge in [-0.2, -0.15) is 0 Å². The maximum Gasteiger partial charge on any atom is 0.165 e. The number of benzene rings is 2. The summed E-state index contributed by atoms with van der Waals surface area (Å²) in [6.07, 6.45) is 0.896. The Labute approximate surface area is 127 Å². The van der Waals surface area contributed by atoms with Crippen LogP contribution in [0.15, 0.2) is 46.9 Å². The molecule has 20 heavy (non-hydrogen) atoms. The van der Waals surface area contributed by atoms with Gasteiger partial charge in [0, 0.05) is 22.3 Å². The molecule has 1 atom stereocenters. The van der Waals surface area contributed by atoms with Crippen molar-refractivity contribution in [1.29, 1.82) is 0 Å². The second kappa shape index (κ2) is 6.75. The van der Waals surface area contributed by atoms with E-state index in [-0.39, 0.29) is 17.6 Å². The van der Waals surface area contributed by atoms with E-state index in [1.807, 2.05) is 12.1 Å². The van der Waals surface area contributed by atoms with Crippen molar-refractivity contribution in [3.63, 3.8) is 0 Å². The molecule has 1 N–H and O–H groups in total. The zero-order valence-electron chi connectivity index (χ0n) is 11.5. The van der Waals surface area contributed by atoms with E-state index in [2.05, 4.69) is 40.3 Å². The molecule has 0 aliphatic heterocycles. The van der Waals surface area contributed by atoms with Gasteiger partial charge in [0.25, 0.3) is 0 Å². The maximum atomic E-state index is 13.3. The molecule has 0 aromatic heterocycles. The lowest BCUT2D eigenvalue weighted by molar-refractivity contribution is 0.387. The van der Waals surface area contributed by atoms with Crippen LogP contribution < -0.4 is 10.1 Å². The Hall–Kier alpha value is -1.55. The van der Waals surface area contributed by atoms with Crippen molar-refractivity contribution < 1.29 is 9.13 Å². The first-order chi connectivity index (χ1) is 9.58. The molecular formula is C16H17BrFNO. The molecule has 4 heteroatoms. The number of ether oxygens (including phenoxy) is 1. The molecule has 0 saturated carbocycles. The van der Waals surface area contributed by atoms with Crippen LogP contribution in [-0.4, -0.2) is 13.2 Å². The summed E-state index contributed by atoms with van der Waals surface area (Å²) in [5, 5.41) is 3.35. The summed E-state index contributed by atoms with van der Waals surface area (Å²) < 4.78 is 19.4. The standard InChI is InChI=1S/C16H17BrFNO/c1-11(9-12-3-5-13(17)6-4-12)19-14-7-8-15(18)16(10-14)20-2/h3-8,10-11,19H,9H2,1-2H3. The Bertz CT molecular complexity index is 571. The predicted octanol–water partition coefficient (Wildman–Crippen LogP) is 4.64. The molecule has 0 bridgehead atoms. The van der Waals surface area contributed by atoms with Gasteiger partial charge in [0.1, 0.15) is 0 Å². The molecule has 0 aliphatic rings. The van der Waals surface area contributed by atoms with Gasteiger partial charge in [0.2, 0.25) is 0 Å².